The highest BCUT2D eigenvalue weighted by Crippen LogP contribution is 2.34. The Kier molecular flexibility index (Phi) is 5.96. The number of hydrogen-bond donors (Lipinski definition) is 2. The van der Waals surface area contributed by atoms with E-state index in [0.29, 0.717) is 23.6 Å². The number of aryl methyl sites for hydroxylation is 3. The van der Waals surface area contributed by atoms with Crippen LogP contribution in [0.4, 0.5) is 5.69 Å². The van der Waals surface area contributed by atoms with E-state index in [-0.39, 0.29) is 25.2 Å². The van der Waals surface area contributed by atoms with Crippen molar-refractivity contribution in [1.29, 1.82) is 0 Å². The Morgan fingerprint density at radius 1 is 0.963 bits per heavy atom. The lowest BCUT2D eigenvalue weighted by Crippen LogP contribution is -2.32. The summed E-state index contributed by atoms with van der Waals surface area (Å²) in [4.78, 5) is 23.9. The second kappa shape index (κ2) is 8.58. The maximum atomic E-state index is 12.0. The molecule has 0 saturated heterocycles. The largest absolute Gasteiger partial charge is 0.454 e. The first-order chi connectivity index (χ1) is 13.0. The Morgan fingerprint density at radius 3 is 2.59 bits per heavy atom. The fourth-order valence-electron chi connectivity index (χ4n) is 2.86. The van der Waals surface area contributed by atoms with Crippen LogP contribution < -0.4 is 20.1 Å². The van der Waals surface area contributed by atoms with Gasteiger partial charge in [0.15, 0.2) is 11.5 Å². The molecule has 2 aromatic rings. The molecule has 6 nitrogen and oxygen atoms in total. The molecule has 0 atom stereocenters. The Bertz CT molecular complexity index is 848. The molecule has 0 unspecified atom stereocenters. The molecule has 0 aromatic heterocycles. The quantitative estimate of drug-likeness (QED) is 0.787. The van der Waals surface area contributed by atoms with Gasteiger partial charge in [-0.05, 0) is 55.5 Å². The third-order valence-electron chi connectivity index (χ3n) is 4.54. The van der Waals surface area contributed by atoms with Crippen molar-refractivity contribution in [2.75, 3.05) is 18.7 Å². The zero-order valence-corrected chi connectivity index (χ0v) is 15.6. The SMILES string of the molecule is Cc1ccc(CCCC(=O)NCC(=O)Nc2ccc3c(c2)OCO3)cc1C. The van der Waals surface area contributed by atoms with Crippen LogP contribution in [0.2, 0.25) is 0 Å². The van der Waals surface area contributed by atoms with E-state index in [1.54, 1.807) is 18.2 Å². The molecule has 2 amide bonds. The number of nitrogens with one attached hydrogen (secondary N) is 2. The minimum atomic E-state index is -0.281. The summed E-state index contributed by atoms with van der Waals surface area (Å²) < 4.78 is 10.5. The summed E-state index contributed by atoms with van der Waals surface area (Å²) in [5.41, 5.74) is 4.36. The van der Waals surface area contributed by atoms with Crippen LogP contribution in [0.15, 0.2) is 36.4 Å². The average Bonchev–Trinajstić information content (AvgIpc) is 3.11. The van der Waals surface area contributed by atoms with E-state index in [0.717, 1.165) is 12.8 Å². The highest BCUT2D eigenvalue weighted by Gasteiger charge is 2.14. The van der Waals surface area contributed by atoms with Crippen LogP contribution in [0.5, 0.6) is 11.5 Å². The zero-order valence-electron chi connectivity index (χ0n) is 15.6. The van der Waals surface area contributed by atoms with Gasteiger partial charge >= 0.3 is 0 Å². The maximum absolute atomic E-state index is 12.0. The van der Waals surface area contributed by atoms with Crippen LogP contribution in [0.3, 0.4) is 0 Å². The predicted molar refractivity (Wildman–Crippen MR) is 103 cm³/mol. The molecule has 6 heteroatoms. The predicted octanol–water partition coefficient (Wildman–Crippen LogP) is 3.11. The highest BCUT2D eigenvalue weighted by molar-refractivity contribution is 5.94. The van der Waals surface area contributed by atoms with E-state index in [2.05, 4.69) is 42.7 Å². The molecule has 1 aliphatic heterocycles. The molecule has 1 heterocycles. The Hall–Kier alpha value is -3.02. The van der Waals surface area contributed by atoms with E-state index in [1.165, 1.54) is 16.7 Å². The molecule has 2 N–H and O–H groups in total. The second-order valence-electron chi connectivity index (χ2n) is 6.67. The lowest BCUT2D eigenvalue weighted by Gasteiger charge is -2.08. The molecule has 0 spiro atoms. The van der Waals surface area contributed by atoms with Crippen molar-refractivity contribution in [3.8, 4) is 11.5 Å². The van der Waals surface area contributed by atoms with Gasteiger partial charge in [-0.15, -0.1) is 0 Å². The van der Waals surface area contributed by atoms with E-state index in [1.807, 2.05) is 0 Å². The number of anilines is 1. The van der Waals surface area contributed by atoms with Crippen molar-refractivity contribution in [3.63, 3.8) is 0 Å². The van der Waals surface area contributed by atoms with Crippen molar-refractivity contribution >= 4 is 17.5 Å². The fraction of sp³-hybridized carbons (Fsp3) is 0.333. The van der Waals surface area contributed by atoms with Crippen LogP contribution in [-0.2, 0) is 16.0 Å². The Morgan fingerprint density at radius 2 is 1.78 bits per heavy atom. The maximum Gasteiger partial charge on any atom is 0.243 e. The first kappa shape index (κ1) is 18.8. The second-order valence-corrected chi connectivity index (χ2v) is 6.67. The fourth-order valence-corrected chi connectivity index (χ4v) is 2.86. The van der Waals surface area contributed by atoms with E-state index >= 15 is 0 Å². The van der Waals surface area contributed by atoms with Crippen molar-refractivity contribution in [2.24, 2.45) is 0 Å². The van der Waals surface area contributed by atoms with E-state index < -0.39 is 0 Å². The molecule has 0 aliphatic carbocycles. The van der Waals surface area contributed by atoms with Gasteiger partial charge in [-0.3, -0.25) is 9.59 Å². The van der Waals surface area contributed by atoms with Crippen molar-refractivity contribution < 1.29 is 19.1 Å². The van der Waals surface area contributed by atoms with Gasteiger partial charge in [0.05, 0.1) is 6.54 Å². The molecule has 3 rings (SSSR count). The van der Waals surface area contributed by atoms with Gasteiger partial charge in [0.1, 0.15) is 0 Å². The number of hydrogen-bond acceptors (Lipinski definition) is 4. The normalized spacial score (nSPS) is 11.9. The summed E-state index contributed by atoms with van der Waals surface area (Å²) in [6.07, 6.45) is 1.99. The number of benzene rings is 2. The van der Waals surface area contributed by atoms with Gasteiger partial charge < -0.3 is 20.1 Å². The number of amides is 2. The molecular weight excluding hydrogens is 344 g/mol. The summed E-state index contributed by atoms with van der Waals surface area (Å²) in [5.74, 6) is 0.851. The third kappa shape index (κ3) is 5.23. The summed E-state index contributed by atoms with van der Waals surface area (Å²) in [7, 11) is 0. The van der Waals surface area contributed by atoms with E-state index in [9.17, 15) is 9.59 Å². The number of ether oxygens (including phenoxy) is 2. The lowest BCUT2D eigenvalue weighted by atomic mass is 10.0. The minimum absolute atomic E-state index is 0.0586. The van der Waals surface area contributed by atoms with Gasteiger partial charge in [0.25, 0.3) is 0 Å². The molecule has 2 aromatic carbocycles. The summed E-state index contributed by atoms with van der Waals surface area (Å²) in [6, 6.07) is 11.5. The van der Waals surface area contributed by atoms with Gasteiger partial charge in [0, 0.05) is 18.2 Å². The molecule has 1 aliphatic rings. The van der Waals surface area contributed by atoms with E-state index in [4.69, 9.17) is 9.47 Å². The number of carbonyl (C=O) groups is 2. The van der Waals surface area contributed by atoms with Crippen molar-refractivity contribution in [1.82, 2.24) is 5.32 Å². The first-order valence-corrected chi connectivity index (χ1v) is 9.03. The van der Waals surface area contributed by atoms with Gasteiger partial charge in [-0.1, -0.05) is 18.2 Å². The molecule has 142 valence electrons. The minimum Gasteiger partial charge on any atom is -0.454 e. The Balaban J connectivity index is 1.37. The summed E-state index contributed by atoms with van der Waals surface area (Å²) in [6.45, 7) is 4.30. The molecule has 0 bridgehead atoms. The van der Waals surface area contributed by atoms with Crippen LogP contribution in [0.25, 0.3) is 0 Å². The van der Waals surface area contributed by atoms with Gasteiger partial charge in [-0.25, -0.2) is 0 Å². The average molecular weight is 368 g/mol. The van der Waals surface area contributed by atoms with Crippen LogP contribution in [0.1, 0.15) is 29.5 Å². The topological polar surface area (TPSA) is 76.7 Å². The Labute approximate surface area is 158 Å². The molecular formula is C21H24N2O4. The lowest BCUT2D eigenvalue weighted by molar-refractivity contribution is -0.124. The smallest absolute Gasteiger partial charge is 0.243 e. The molecule has 0 fully saturated rings. The number of rotatable bonds is 7. The van der Waals surface area contributed by atoms with Gasteiger partial charge in [-0.2, -0.15) is 0 Å². The molecule has 27 heavy (non-hydrogen) atoms. The number of fused-ring (bicyclic) bond motifs is 1. The van der Waals surface area contributed by atoms with Crippen LogP contribution >= 0.6 is 0 Å². The van der Waals surface area contributed by atoms with Crippen molar-refractivity contribution in [2.45, 2.75) is 33.1 Å². The monoisotopic (exact) mass is 368 g/mol. The summed E-state index contributed by atoms with van der Waals surface area (Å²) >= 11 is 0. The van der Waals surface area contributed by atoms with Crippen LogP contribution in [0, 0.1) is 13.8 Å². The highest BCUT2D eigenvalue weighted by atomic mass is 16.7. The first-order valence-electron chi connectivity index (χ1n) is 9.03. The number of carbonyl (C=O) groups excluding carboxylic acids is 2. The summed E-state index contributed by atoms with van der Waals surface area (Å²) in [5, 5.41) is 5.39. The van der Waals surface area contributed by atoms with Crippen LogP contribution in [-0.4, -0.2) is 25.2 Å². The van der Waals surface area contributed by atoms with Crippen molar-refractivity contribution in [3.05, 3.63) is 53.1 Å². The molecule has 0 radical (unpaired) electrons. The van der Waals surface area contributed by atoms with Gasteiger partial charge in [0.2, 0.25) is 18.6 Å². The standard InChI is InChI=1S/C21H24N2O4/c1-14-6-7-16(10-15(14)2)4-3-5-20(24)22-12-21(25)23-17-8-9-18-19(11-17)27-13-26-18/h6-11H,3-5,12-13H2,1-2H3,(H,22,24)(H,23,25). The molecule has 0 saturated carbocycles. The third-order valence-corrected chi connectivity index (χ3v) is 4.54. The zero-order chi connectivity index (χ0) is 19.2.